The summed E-state index contributed by atoms with van der Waals surface area (Å²) in [5.41, 5.74) is 1.26. The minimum absolute atomic E-state index is 0.0393. The van der Waals surface area contributed by atoms with E-state index >= 15 is 0 Å². The summed E-state index contributed by atoms with van der Waals surface area (Å²) in [6.45, 7) is 35.7. The second-order valence-electron chi connectivity index (χ2n) is 18.5. The first-order valence-corrected chi connectivity index (χ1v) is 31.3. The molecule has 0 atom stereocenters. The van der Waals surface area contributed by atoms with Crippen molar-refractivity contribution in [2.45, 2.75) is 142 Å². The molecule has 0 fully saturated rings. The van der Waals surface area contributed by atoms with Crippen LogP contribution in [0.4, 0.5) is 0 Å². The number of Topliss-reactive ketones (excluding diaryl/α,β-unsaturated/α-hetero) is 1. The predicted molar refractivity (Wildman–Crippen MR) is 220 cm³/mol. The van der Waals surface area contributed by atoms with Crippen LogP contribution in [0.2, 0.25) is 76.6 Å². The topological polar surface area (TPSA) is 64.6 Å². The first kappa shape index (κ1) is 47.3. The number of carbonyl (C=O) groups excluding carboxylic acids is 2. The Hall–Kier alpha value is -0.672. The molecule has 0 saturated carbocycles. The highest BCUT2D eigenvalue weighted by Gasteiger charge is 2.38. The molecule has 0 aliphatic rings. The summed E-state index contributed by atoms with van der Waals surface area (Å²) in [6.07, 6.45) is 8.60. The van der Waals surface area contributed by atoms with Crippen LogP contribution < -0.4 is 5.32 Å². The maximum absolute atomic E-state index is 11.8. The highest BCUT2D eigenvalue weighted by Crippen LogP contribution is 2.30. The van der Waals surface area contributed by atoms with Crippen LogP contribution >= 0.6 is 0 Å². The zero-order valence-corrected chi connectivity index (χ0v) is 38.5. The van der Waals surface area contributed by atoms with E-state index in [1.54, 1.807) is 6.92 Å². The SMILES string of the molecule is C=C(C)C(=O)CCCC[N+](C)(C)CCCC[Si](C)(C)O[Si](C)(C)CC[Si](C)(C)O[Si](C)(C)CCCC[N+](C)(C)CCCNC(=O)C(=C)C. The van der Waals surface area contributed by atoms with Gasteiger partial charge in [0.2, 0.25) is 5.91 Å². The number of rotatable bonds is 28. The lowest BCUT2D eigenvalue weighted by atomic mass is 10.1. The van der Waals surface area contributed by atoms with Gasteiger partial charge in [-0.25, -0.2) is 0 Å². The molecular weight excluding hydrogens is 663 g/mol. The third-order valence-electron chi connectivity index (χ3n) is 9.53. The molecule has 0 aromatic heterocycles. The maximum Gasteiger partial charge on any atom is 0.246 e. The van der Waals surface area contributed by atoms with Gasteiger partial charge in [0.15, 0.2) is 39.1 Å². The predicted octanol–water partition coefficient (Wildman–Crippen LogP) is 8.95. The van der Waals surface area contributed by atoms with E-state index in [0.717, 1.165) is 47.9 Å². The Labute approximate surface area is 303 Å². The Kier molecular flexibility index (Phi) is 20.7. The van der Waals surface area contributed by atoms with Crippen LogP contribution in [0.5, 0.6) is 0 Å². The summed E-state index contributed by atoms with van der Waals surface area (Å²) < 4.78 is 16.1. The molecule has 0 rings (SSSR count). The Balaban J connectivity index is 4.53. The fourth-order valence-electron chi connectivity index (χ4n) is 6.61. The average molecular weight is 744 g/mol. The van der Waals surface area contributed by atoms with E-state index in [1.165, 1.54) is 56.4 Å². The number of nitrogens with one attached hydrogen (secondary N) is 1. The smallest absolute Gasteiger partial charge is 0.246 e. The Morgan fingerprint density at radius 2 is 0.896 bits per heavy atom. The summed E-state index contributed by atoms with van der Waals surface area (Å²) in [7, 11) is 2.25. The van der Waals surface area contributed by atoms with Crippen molar-refractivity contribution in [1.29, 1.82) is 0 Å². The van der Waals surface area contributed by atoms with Gasteiger partial charge < -0.3 is 22.5 Å². The van der Waals surface area contributed by atoms with E-state index < -0.39 is 33.3 Å². The zero-order chi connectivity index (χ0) is 37.5. The molecule has 0 unspecified atom stereocenters. The highest BCUT2D eigenvalue weighted by molar-refractivity contribution is 6.88. The number of allylic oxidation sites excluding steroid dienone is 1. The third-order valence-corrected chi connectivity index (χ3v) is 24.9. The van der Waals surface area contributed by atoms with Crippen molar-refractivity contribution in [1.82, 2.24) is 5.32 Å². The summed E-state index contributed by atoms with van der Waals surface area (Å²) in [5.74, 6) is 0.170. The third kappa shape index (κ3) is 24.5. The van der Waals surface area contributed by atoms with Crippen LogP contribution in [0, 0.1) is 0 Å². The van der Waals surface area contributed by atoms with Gasteiger partial charge in [-0.15, -0.1) is 0 Å². The van der Waals surface area contributed by atoms with Gasteiger partial charge in [-0.2, -0.15) is 0 Å². The van der Waals surface area contributed by atoms with Gasteiger partial charge in [-0.05, 0) is 134 Å². The molecule has 0 aromatic carbocycles. The maximum atomic E-state index is 11.8. The summed E-state index contributed by atoms with van der Waals surface area (Å²) in [4.78, 5) is 23.5. The molecule has 1 amide bonds. The van der Waals surface area contributed by atoms with Crippen molar-refractivity contribution in [3.8, 4) is 0 Å². The molecule has 0 saturated heterocycles. The molecule has 48 heavy (non-hydrogen) atoms. The molecule has 0 spiro atoms. The van der Waals surface area contributed by atoms with E-state index in [1.807, 2.05) is 6.92 Å². The average Bonchev–Trinajstić information content (AvgIpc) is 2.91. The molecule has 0 aliphatic carbocycles. The monoisotopic (exact) mass is 744 g/mol. The quantitative estimate of drug-likeness (QED) is 0.0376. The fourth-order valence-corrected chi connectivity index (χ4v) is 27.2. The van der Waals surface area contributed by atoms with Gasteiger partial charge in [-0.3, -0.25) is 9.59 Å². The van der Waals surface area contributed by atoms with Crippen LogP contribution in [-0.2, 0) is 17.8 Å². The molecule has 0 aliphatic heterocycles. The number of amides is 1. The van der Waals surface area contributed by atoms with Gasteiger partial charge in [0, 0.05) is 25.0 Å². The number of hydrogen-bond donors (Lipinski definition) is 1. The molecule has 7 nitrogen and oxygen atoms in total. The van der Waals surface area contributed by atoms with E-state index in [4.69, 9.17) is 8.23 Å². The van der Waals surface area contributed by atoms with Crippen molar-refractivity contribution in [3.05, 3.63) is 24.3 Å². The number of carbonyl (C=O) groups is 2. The summed E-state index contributed by atoms with van der Waals surface area (Å²) >= 11 is 0. The van der Waals surface area contributed by atoms with Crippen LogP contribution in [0.1, 0.15) is 65.2 Å². The van der Waals surface area contributed by atoms with Crippen LogP contribution in [0.25, 0.3) is 0 Å². The number of ketones is 1. The van der Waals surface area contributed by atoms with E-state index in [9.17, 15) is 9.59 Å². The fraction of sp³-hybridized carbons (Fsp3) is 0.838. The lowest BCUT2D eigenvalue weighted by Gasteiger charge is -2.38. The second-order valence-corrected chi connectivity index (χ2v) is 36.2. The molecule has 1 N–H and O–H groups in total. The number of unbranched alkanes of at least 4 members (excludes halogenated alkanes) is 3. The van der Waals surface area contributed by atoms with Crippen molar-refractivity contribution in [2.24, 2.45) is 0 Å². The van der Waals surface area contributed by atoms with Crippen LogP contribution in [-0.4, -0.2) is 115 Å². The van der Waals surface area contributed by atoms with Gasteiger partial charge in [0.1, 0.15) is 0 Å². The van der Waals surface area contributed by atoms with Gasteiger partial charge in [0.05, 0.1) is 54.4 Å². The highest BCUT2D eigenvalue weighted by atomic mass is 28.4. The summed E-state index contributed by atoms with van der Waals surface area (Å²) in [6, 6.07) is 4.85. The van der Waals surface area contributed by atoms with Crippen LogP contribution in [0.15, 0.2) is 24.3 Å². The molecule has 0 aromatic rings. The molecule has 0 bridgehead atoms. The summed E-state index contributed by atoms with van der Waals surface area (Å²) in [5, 5.41) is 2.95. The number of quaternary nitrogens is 2. The Morgan fingerprint density at radius 1 is 0.542 bits per heavy atom. The van der Waals surface area contributed by atoms with Gasteiger partial charge >= 0.3 is 0 Å². The zero-order valence-electron chi connectivity index (χ0n) is 34.5. The first-order valence-electron chi connectivity index (χ1n) is 18.9. The lowest BCUT2D eigenvalue weighted by Crippen LogP contribution is -2.48. The molecule has 0 heterocycles. The van der Waals surface area contributed by atoms with Crippen molar-refractivity contribution in [2.75, 3.05) is 60.9 Å². The molecular formula is C37H81N3O4Si4+2. The minimum Gasteiger partial charge on any atom is -0.456 e. The molecule has 11 heteroatoms. The number of hydrogen-bond acceptors (Lipinski definition) is 4. The minimum atomic E-state index is -1.78. The van der Waals surface area contributed by atoms with Crippen LogP contribution in [0.3, 0.4) is 0 Å². The Bertz CT molecular complexity index is 946. The van der Waals surface area contributed by atoms with E-state index in [2.05, 4.69) is 99.0 Å². The lowest BCUT2D eigenvalue weighted by molar-refractivity contribution is -0.890. The molecule has 0 radical (unpaired) electrons. The van der Waals surface area contributed by atoms with Crippen molar-refractivity contribution < 1.29 is 26.8 Å². The van der Waals surface area contributed by atoms with Crippen molar-refractivity contribution >= 4 is 45.0 Å². The van der Waals surface area contributed by atoms with E-state index in [0.29, 0.717) is 24.1 Å². The standard InChI is InChI=1S/C37H80N3O4Si4/c1-34(2)36(41)24-17-18-26-39(5,6)27-19-21-30-45(9,10)43-47(13,14)32-33-48(15,16)44-46(11,12)31-22-20-28-40(7,8)29-23-25-38-37(42)35(3)4/h1,3,17-33H2,2,4-16H3/q+1/p+1. The second kappa shape index (κ2) is 21.0. The first-order chi connectivity index (χ1) is 21.7. The van der Waals surface area contributed by atoms with Gasteiger partial charge in [0.25, 0.3) is 0 Å². The van der Waals surface area contributed by atoms with Crippen molar-refractivity contribution in [3.63, 3.8) is 0 Å². The van der Waals surface area contributed by atoms with E-state index in [-0.39, 0.29) is 11.7 Å². The van der Waals surface area contributed by atoms with Gasteiger partial charge in [-0.1, -0.05) is 13.2 Å². The largest absolute Gasteiger partial charge is 0.456 e. The Morgan fingerprint density at radius 3 is 1.27 bits per heavy atom. The number of nitrogens with zero attached hydrogens (tertiary/aromatic N) is 2. The molecule has 282 valence electrons. The normalized spacial score (nSPS) is 13.5.